The molecule has 0 aliphatic heterocycles. The highest BCUT2D eigenvalue weighted by Crippen LogP contribution is 2.19. The summed E-state index contributed by atoms with van der Waals surface area (Å²) in [6, 6.07) is 2.63. The zero-order valence-corrected chi connectivity index (χ0v) is 12.4. The van der Waals surface area contributed by atoms with E-state index in [0.717, 1.165) is 24.5 Å². The van der Waals surface area contributed by atoms with Crippen molar-refractivity contribution in [2.45, 2.75) is 22.6 Å². The minimum Gasteiger partial charge on any atom is -0.224 e. The Kier molecular flexibility index (Phi) is 5.28. The van der Waals surface area contributed by atoms with Gasteiger partial charge in [0.2, 0.25) is 10.0 Å². The molecule has 0 spiro atoms. The van der Waals surface area contributed by atoms with Crippen molar-refractivity contribution in [3.63, 3.8) is 0 Å². The molecule has 1 rings (SSSR count). The quantitative estimate of drug-likeness (QED) is 0.480. The molecule has 0 heterocycles. The lowest BCUT2D eigenvalue weighted by Gasteiger charge is -2.08. The fraction of sp³-hybridized carbons (Fsp3) is 0.333. The summed E-state index contributed by atoms with van der Waals surface area (Å²) in [7, 11) is -7.73. The van der Waals surface area contributed by atoms with Gasteiger partial charge in [-0.2, -0.15) is 0 Å². The second-order valence-corrected chi connectivity index (χ2v) is 7.82. The van der Waals surface area contributed by atoms with Crippen molar-refractivity contribution in [2.24, 2.45) is 0 Å². The fourth-order valence-corrected chi connectivity index (χ4v) is 3.29. The number of sulfonamides is 1. The van der Waals surface area contributed by atoms with Crippen molar-refractivity contribution in [2.75, 3.05) is 12.8 Å². The van der Waals surface area contributed by atoms with Crippen LogP contribution in [-0.2, 0) is 19.9 Å². The van der Waals surface area contributed by atoms with Gasteiger partial charge in [-0.3, -0.25) is 0 Å². The van der Waals surface area contributed by atoms with Crippen LogP contribution in [0.1, 0.15) is 12.8 Å². The number of hydrogen-bond donors (Lipinski definition) is 1. The van der Waals surface area contributed by atoms with E-state index in [9.17, 15) is 21.2 Å². The molecule has 5 nitrogen and oxygen atoms in total. The number of nitrogens with one attached hydrogen (secondary N) is 1. The van der Waals surface area contributed by atoms with Gasteiger partial charge in [-0.15, -0.1) is 12.3 Å². The van der Waals surface area contributed by atoms with Crippen molar-refractivity contribution in [1.82, 2.24) is 4.72 Å². The number of hydrogen-bond acceptors (Lipinski definition) is 4. The van der Waals surface area contributed by atoms with Crippen molar-refractivity contribution in [1.29, 1.82) is 0 Å². The summed E-state index contributed by atoms with van der Waals surface area (Å²) in [6.07, 6.45) is 6.73. The predicted octanol–water partition coefficient (Wildman–Crippen LogP) is 0.921. The van der Waals surface area contributed by atoms with Gasteiger partial charge in [-0.05, 0) is 24.6 Å². The molecule has 0 unspecified atom stereocenters. The Bertz CT molecular complexity index is 733. The topological polar surface area (TPSA) is 80.3 Å². The Hall–Kier alpha value is -1.43. The van der Waals surface area contributed by atoms with E-state index < -0.39 is 30.6 Å². The standard InChI is InChI=1S/C12H14FNO4S2/c1-3-4-5-8-14-20(17,18)12-9-10(19(2,15)16)6-7-11(12)13/h1,6-7,9,14H,4-5,8H2,2H3. The summed E-state index contributed by atoms with van der Waals surface area (Å²) in [5.41, 5.74) is 0. The maximum Gasteiger partial charge on any atom is 0.243 e. The molecule has 0 fully saturated rings. The summed E-state index contributed by atoms with van der Waals surface area (Å²) in [6.45, 7) is 0.0507. The molecule has 0 aromatic heterocycles. The van der Waals surface area contributed by atoms with Crippen molar-refractivity contribution < 1.29 is 21.2 Å². The molecular weight excluding hydrogens is 305 g/mol. The summed E-state index contributed by atoms with van der Waals surface area (Å²) < 4.78 is 62.3. The average Bonchev–Trinajstić information content (AvgIpc) is 2.33. The van der Waals surface area contributed by atoms with Gasteiger partial charge in [0.05, 0.1) is 4.90 Å². The minimum atomic E-state index is -4.11. The molecule has 0 saturated carbocycles. The van der Waals surface area contributed by atoms with Crippen molar-refractivity contribution >= 4 is 19.9 Å². The van der Waals surface area contributed by atoms with E-state index in [0.29, 0.717) is 12.8 Å². The molecule has 0 bridgehead atoms. The predicted molar refractivity (Wildman–Crippen MR) is 72.8 cm³/mol. The smallest absolute Gasteiger partial charge is 0.224 e. The number of terminal acetylenes is 1. The maximum absolute atomic E-state index is 13.6. The molecule has 0 atom stereocenters. The van der Waals surface area contributed by atoms with E-state index in [-0.39, 0.29) is 11.4 Å². The first-order valence-electron chi connectivity index (χ1n) is 5.61. The average molecular weight is 319 g/mol. The first kappa shape index (κ1) is 16.6. The Balaban J connectivity index is 3.09. The first-order chi connectivity index (χ1) is 9.18. The Morgan fingerprint density at radius 3 is 2.50 bits per heavy atom. The van der Waals surface area contributed by atoms with Crippen LogP contribution in [0.4, 0.5) is 4.39 Å². The highest BCUT2D eigenvalue weighted by molar-refractivity contribution is 7.91. The fourth-order valence-electron chi connectivity index (χ4n) is 1.39. The monoisotopic (exact) mass is 319 g/mol. The second-order valence-electron chi connectivity index (χ2n) is 4.07. The van der Waals surface area contributed by atoms with Gasteiger partial charge < -0.3 is 0 Å². The maximum atomic E-state index is 13.6. The molecule has 0 amide bonds. The normalized spacial score (nSPS) is 12.1. The highest BCUT2D eigenvalue weighted by atomic mass is 32.2. The third-order valence-corrected chi connectivity index (χ3v) is 5.00. The Morgan fingerprint density at radius 1 is 1.30 bits per heavy atom. The van der Waals surface area contributed by atoms with Crippen LogP contribution in [0.3, 0.4) is 0 Å². The van der Waals surface area contributed by atoms with Gasteiger partial charge in [-0.25, -0.2) is 25.9 Å². The van der Waals surface area contributed by atoms with E-state index in [2.05, 4.69) is 10.6 Å². The number of halogens is 1. The molecule has 8 heteroatoms. The SMILES string of the molecule is C#CCCCNS(=O)(=O)c1cc(S(C)(=O)=O)ccc1F. The van der Waals surface area contributed by atoms with Crippen molar-refractivity contribution in [3.05, 3.63) is 24.0 Å². The second kappa shape index (κ2) is 6.35. The summed E-state index contributed by atoms with van der Waals surface area (Å²) in [5, 5.41) is 0. The van der Waals surface area contributed by atoms with E-state index in [1.54, 1.807) is 0 Å². The molecule has 0 saturated heterocycles. The van der Waals surface area contributed by atoms with Gasteiger partial charge in [0, 0.05) is 19.2 Å². The van der Waals surface area contributed by atoms with Crippen LogP contribution < -0.4 is 4.72 Å². The molecule has 0 aliphatic carbocycles. The van der Waals surface area contributed by atoms with Crippen molar-refractivity contribution in [3.8, 4) is 12.3 Å². The Labute approximate surface area is 118 Å². The number of unbranched alkanes of at least 4 members (excludes halogenated alkanes) is 1. The van der Waals surface area contributed by atoms with Gasteiger partial charge in [0.15, 0.2) is 9.84 Å². The van der Waals surface area contributed by atoms with Crippen LogP contribution >= 0.6 is 0 Å². The van der Waals surface area contributed by atoms with Crippen LogP contribution in [0.5, 0.6) is 0 Å². The highest BCUT2D eigenvalue weighted by Gasteiger charge is 2.21. The first-order valence-corrected chi connectivity index (χ1v) is 8.98. The number of benzene rings is 1. The lowest BCUT2D eigenvalue weighted by molar-refractivity contribution is 0.554. The molecular formula is C12H14FNO4S2. The van der Waals surface area contributed by atoms with E-state index in [1.165, 1.54) is 0 Å². The van der Waals surface area contributed by atoms with Gasteiger partial charge >= 0.3 is 0 Å². The number of rotatable bonds is 6. The summed E-state index contributed by atoms with van der Waals surface area (Å²) in [5.74, 6) is 1.33. The van der Waals surface area contributed by atoms with E-state index in [4.69, 9.17) is 6.42 Å². The molecule has 0 aliphatic rings. The minimum absolute atomic E-state index is 0.0507. The molecule has 0 radical (unpaired) electrons. The Morgan fingerprint density at radius 2 is 1.95 bits per heavy atom. The van der Waals surface area contributed by atoms with Gasteiger partial charge in [0.25, 0.3) is 0 Å². The molecule has 1 N–H and O–H groups in total. The number of sulfone groups is 1. The summed E-state index contributed by atoms with van der Waals surface area (Å²) >= 11 is 0. The summed E-state index contributed by atoms with van der Waals surface area (Å²) in [4.78, 5) is -0.955. The van der Waals surface area contributed by atoms with E-state index >= 15 is 0 Å². The zero-order valence-electron chi connectivity index (χ0n) is 10.8. The van der Waals surface area contributed by atoms with Crippen LogP contribution in [0, 0.1) is 18.2 Å². The van der Waals surface area contributed by atoms with Crippen LogP contribution in [0.25, 0.3) is 0 Å². The zero-order chi connectivity index (χ0) is 15.4. The molecule has 1 aromatic rings. The molecule has 1 aromatic carbocycles. The van der Waals surface area contributed by atoms with E-state index in [1.807, 2.05) is 0 Å². The largest absolute Gasteiger partial charge is 0.243 e. The van der Waals surface area contributed by atoms with Gasteiger partial charge in [0.1, 0.15) is 10.7 Å². The lowest BCUT2D eigenvalue weighted by atomic mass is 10.3. The van der Waals surface area contributed by atoms with Gasteiger partial charge in [-0.1, -0.05) is 0 Å². The molecule has 20 heavy (non-hydrogen) atoms. The van der Waals surface area contributed by atoms with Crippen LogP contribution in [-0.4, -0.2) is 29.6 Å². The lowest BCUT2D eigenvalue weighted by Crippen LogP contribution is -2.26. The van der Waals surface area contributed by atoms with Crippen LogP contribution in [0.15, 0.2) is 28.0 Å². The third-order valence-electron chi connectivity index (χ3n) is 2.41. The van der Waals surface area contributed by atoms with Crippen LogP contribution in [0.2, 0.25) is 0 Å². The third kappa shape index (κ3) is 4.30. The molecule has 110 valence electrons.